The lowest BCUT2D eigenvalue weighted by Crippen LogP contribution is -2.66. The van der Waals surface area contributed by atoms with Crippen LogP contribution >= 0.6 is 0 Å². The fraction of sp³-hybridized carbons (Fsp3) is 0.261. The third-order valence-electron chi connectivity index (χ3n) is 5.48. The number of nitrogens with zero attached hydrogens (tertiary/aromatic N) is 2. The van der Waals surface area contributed by atoms with E-state index in [1.807, 2.05) is 0 Å². The van der Waals surface area contributed by atoms with E-state index in [1.165, 1.54) is 48.5 Å². The van der Waals surface area contributed by atoms with Gasteiger partial charge >= 0.3 is 11.9 Å². The van der Waals surface area contributed by atoms with Crippen molar-refractivity contribution in [2.24, 2.45) is 10.9 Å². The van der Waals surface area contributed by atoms with Crippen LogP contribution in [0.5, 0.6) is 11.5 Å². The van der Waals surface area contributed by atoms with Crippen LogP contribution in [-0.4, -0.2) is 80.1 Å². The Morgan fingerprint density at radius 2 is 1.72 bits per heavy atom. The van der Waals surface area contributed by atoms with Gasteiger partial charge in [-0.15, -0.1) is 0 Å². The lowest BCUT2D eigenvalue weighted by molar-refractivity contribution is -0.160. The average Bonchev–Trinajstić information content (AvgIpc) is 2.85. The monoisotopic (exact) mass is 500 g/mol. The van der Waals surface area contributed by atoms with E-state index in [9.17, 15) is 34.6 Å². The van der Waals surface area contributed by atoms with E-state index in [-0.39, 0.29) is 42.2 Å². The summed E-state index contributed by atoms with van der Waals surface area (Å²) >= 11 is 0. The molecule has 13 heteroatoms. The van der Waals surface area contributed by atoms with Gasteiger partial charge in [-0.3, -0.25) is 14.4 Å². The molecule has 1 saturated heterocycles. The molecule has 0 radical (unpaired) electrons. The second-order valence-corrected chi connectivity index (χ2v) is 7.90. The third kappa shape index (κ3) is 5.88. The summed E-state index contributed by atoms with van der Waals surface area (Å²) in [6, 6.07) is 7.83. The van der Waals surface area contributed by atoms with Gasteiger partial charge in [-0.1, -0.05) is 17.3 Å². The number of β-lactam (4-membered cyclic amide) rings is 1. The van der Waals surface area contributed by atoms with E-state index in [4.69, 9.17) is 15.6 Å². The summed E-state index contributed by atoms with van der Waals surface area (Å²) in [5.41, 5.74) is 5.51. The zero-order chi connectivity index (χ0) is 26.4. The quantitative estimate of drug-likeness (QED) is 0.104. The van der Waals surface area contributed by atoms with Crippen LogP contribution in [0, 0.1) is 0 Å². The largest absolute Gasteiger partial charge is 0.508 e. The first-order valence-electron chi connectivity index (χ1n) is 10.7. The van der Waals surface area contributed by atoms with E-state index < -0.39 is 41.9 Å². The minimum Gasteiger partial charge on any atom is -0.508 e. The van der Waals surface area contributed by atoms with E-state index in [0.29, 0.717) is 5.75 Å². The van der Waals surface area contributed by atoms with Crippen molar-refractivity contribution in [3.8, 4) is 11.5 Å². The number of ether oxygens (including phenoxy) is 1. The fourth-order valence-electron chi connectivity index (χ4n) is 3.50. The summed E-state index contributed by atoms with van der Waals surface area (Å²) in [5, 5.41) is 42.5. The summed E-state index contributed by atoms with van der Waals surface area (Å²) in [4.78, 5) is 48.8. The Bertz CT molecular complexity index is 1170. The zero-order valence-corrected chi connectivity index (χ0v) is 18.8. The number of carbonyl (C=O) groups is 4. The minimum absolute atomic E-state index is 0.0516. The smallest absolute Gasteiger partial charge is 0.331 e. The average molecular weight is 500 g/mol. The molecule has 0 bridgehead atoms. The molecule has 190 valence electrons. The van der Waals surface area contributed by atoms with Crippen molar-refractivity contribution in [1.82, 2.24) is 10.2 Å². The number of phenolic OH excluding ortho intramolecular Hbond substituents is 1. The number of likely N-dealkylation sites (tertiary alicyclic amines) is 1. The molecule has 2 aromatic carbocycles. The summed E-state index contributed by atoms with van der Waals surface area (Å²) in [7, 11) is 0. The first kappa shape index (κ1) is 26.0. The van der Waals surface area contributed by atoms with E-state index in [0.717, 1.165) is 4.90 Å². The van der Waals surface area contributed by atoms with Crippen LogP contribution in [0.2, 0.25) is 0 Å². The number of carboxylic acid groups (broad SMARTS) is 2. The summed E-state index contributed by atoms with van der Waals surface area (Å²) in [5.74, 6) is -3.59. The van der Waals surface area contributed by atoms with Crippen molar-refractivity contribution >= 4 is 29.5 Å². The van der Waals surface area contributed by atoms with Crippen LogP contribution in [0.3, 0.4) is 0 Å². The zero-order valence-electron chi connectivity index (χ0n) is 18.8. The number of phenols is 1. The Labute approximate surface area is 204 Å². The van der Waals surface area contributed by atoms with Gasteiger partial charge in [0.05, 0.1) is 13.2 Å². The van der Waals surface area contributed by atoms with Crippen molar-refractivity contribution in [1.29, 1.82) is 0 Å². The predicted octanol–water partition coefficient (Wildman–Crippen LogP) is -0.0958. The van der Waals surface area contributed by atoms with Gasteiger partial charge < -0.3 is 41.2 Å². The topological polar surface area (TPSA) is 212 Å². The van der Waals surface area contributed by atoms with Gasteiger partial charge in [-0.2, -0.15) is 0 Å². The molecule has 13 nitrogen and oxygen atoms in total. The Morgan fingerprint density at radius 3 is 2.25 bits per heavy atom. The van der Waals surface area contributed by atoms with Crippen LogP contribution in [-0.2, 0) is 19.2 Å². The van der Waals surface area contributed by atoms with Gasteiger partial charge in [0, 0.05) is 12.0 Å². The molecule has 1 aliphatic rings. The molecule has 3 rings (SSSR count). The third-order valence-corrected chi connectivity index (χ3v) is 5.48. The first-order valence-corrected chi connectivity index (χ1v) is 10.7. The van der Waals surface area contributed by atoms with Crippen LogP contribution < -0.4 is 15.8 Å². The highest BCUT2D eigenvalue weighted by Crippen LogP contribution is 2.28. The molecule has 7 N–H and O–H groups in total. The molecular weight excluding hydrogens is 476 g/mol. The van der Waals surface area contributed by atoms with E-state index >= 15 is 0 Å². The van der Waals surface area contributed by atoms with E-state index in [1.54, 1.807) is 0 Å². The second-order valence-electron chi connectivity index (χ2n) is 7.90. The predicted molar refractivity (Wildman–Crippen MR) is 123 cm³/mol. The fourth-order valence-corrected chi connectivity index (χ4v) is 3.50. The molecular formula is C23H24N4O9. The van der Waals surface area contributed by atoms with Gasteiger partial charge in [0.15, 0.2) is 11.8 Å². The molecule has 2 aromatic rings. The maximum Gasteiger partial charge on any atom is 0.331 e. The number of carbonyl (C=O) groups excluding carboxylic acids is 2. The molecule has 0 aliphatic carbocycles. The lowest BCUT2D eigenvalue weighted by atomic mass is 9.97. The number of hydrogen-bond acceptors (Lipinski definition) is 9. The van der Waals surface area contributed by atoms with Crippen molar-refractivity contribution in [3.63, 3.8) is 0 Å². The number of hydrogen-bond donors (Lipinski definition) is 6. The molecule has 1 fully saturated rings. The van der Waals surface area contributed by atoms with Gasteiger partial charge in [-0.05, 0) is 42.0 Å². The summed E-state index contributed by atoms with van der Waals surface area (Å²) < 4.78 is 5.40. The Kier molecular flexibility index (Phi) is 8.07. The molecule has 3 atom stereocenters. The molecule has 36 heavy (non-hydrogen) atoms. The van der Waals surface area contributed by atoms with Gasteiger partial charge in [-0.25, -0.2) is 4.79 Å². The number of rotatable bonds is 11. The number of nitrogens with two attached hydrogens (primary N) is 1. The second kappa shape index (κ2) is 11.2. The molecule has 2 amide bonds. The molecule has 0 aromatic heterocycles. The van der Waals surface area contributed by atoms with Crippen LogP contribution in [0.1, 0.15) is 23.6 Å². The highest BCUT2D eigenvalue weighted by molar-refractivity contribution is 6.45. The van der Waals surface area contributed by atoms with Gasteiger partial charge in [0.25, 0.3) is 5.91 Å². The molecule has 1 aliphatic heterocycles. The van der Waals surface area contributed by atoms with Crippen LogP contribution in [0.15, 0.2) is 53.7 Å². The highest BCUT2D eigenvalue weighted by atomic mass is 16.5. The van der Waals surface area contributed by atoms with Crippen molar-refractivity contribution in [2.45, 2.75) is 24.5 Å². The van der Waals surface area contributed by atoms with Crippen molar-refractivity contribution < 1.29 is 44.4 Å². The minimum atomic E-state index is -1.30. The maximum absolute atomic E-state index is 12.6. The van der Waals surface area contributed by atoms with Gasteiger partial charge in [0.1, 0.15) is 23.6 Å². The Hall–Kier alpha value is -4.65. The standard InChI is InChI=1S/C23H24N4O9/c24-16(22(31)32)9-10-36-15-7-3-12(4-8-15)18(26-35)20(29)25-17-11-27(21(17)30)19(23(33)34)13-1-5-14(28)6-2-13/h1-8,16-17,19,28,35H,9-11,24H2,(H,25,29)(H,31,32)(H,33,34)/b26-18+/t16-,17+,19-/m0/s1. The Morgan fingerprint density at radius 1 is 1.08 bits per heavy atom. The number of benzene rings is 2. The lowest BCUT2D eigenvalue weighted by Gasteiger charge is -2.42. The first-order chi connectivity index (χ1) is 17.1. The normalized spacial score (nSPS) is 17.0. The number of carboxylic acids is 2. The molecule has 0 saturated carbocycles. The number of amides is 2. The van der Waals surface area contributed by atoms with Crippen LogP contribution in [0.25, 0.3) is 0 Å². The molecule has 0 spiro atoms. The number of aliphatic carboxylic acids is 2. The molecule has 0 unspecified atom stereocenters. The number of oxime groups is 1. The highest BCUT2D eigenvalue weighted by Gasteiger charge is 2.45. The number of aromatic hydroxyl groups is 1. The Balaban J connectivity index is 1.59. The van der Waals surface area contributed by atoms with Crippen LogP contribution in [0.4, 0.5) is 0 Å². The van der Waals surface area contributed by atoms with Crippen molar-refractivity contribution in [2.75, 3.05) is 13.2 Å². The van der Waals surface area contributed by atoms with E-state index in [2.05, 4.69) is 10.5 Å². The SMILES string of the molecule is N[C@@H](CCOc1ccc(/C(=N\O)C(=O)N[C@@H]2CN([C@H](C(=O)O)c3ccc(O)cc3)C2=O)cc1)C(=O)O. The maximum atomic E-state index is 12.6. The number of nitrogens with one attached hydrogen (secondary N) is 1. The molecule has 1 heterocycles. The van der Waals surface area contributed by atoms with Gasteiger partial charge in [0.2, 0.25) is 5.91 Å². The summed E-state index contributed by atoms with van der Waals surface area (Å²) in [6.07, 6.45) is 0.0880. The summed E-state index contributed by atoms with van der Waals surface area (Å²) in [6.45, 7) is -0.0393. The van der Waals surface area contributed by atoms with Crippen molar-refractivity contribution in [3.05, 3.63) is 59.7 Å².